The summed E-state index contributed by atoms with van der Waals surface area (Å²) in [5.41, 5.74) is 0.769. The van der Waals surface area contributed by atoms with Crippen LogP contribution in [0.5, 0.6) is 5.75 Å². The Morgan fingerprint density at radius 1 is 1.29 bits per heavy atom. The van der Waals surface area contributed by atoms with E-state index in [0.29, 0.717) is 24.8 Å². The van der Waals surface area contributed by atoms with E-state index < -0.39 is 16.1 Å². The smallest absolute Gasteiger partial charge is 0.247 e. The van der Waals surface area contributed by atoms with Gasteiger partial charge >= 0.3 is 0 Å². The fourth-order valence-electron chi connectivity index (χ4n) is 4.39. The number of sulfonamides is 1. The van der Waals surface area contributed by atoms with Gasteiger partial charge in [0.1, 0.15) is 16.7 Å². The molecule has 1 fully saturated rings. The largest absolute Gasteiger partial charge is 0.487 e. The lowest BCUT2D eigenvalue weighted by Crippen LogP contribution is -2.49. The molecule has 1 aliphatic carbocycles. The fourth-order valence-corrected chi connectivity index (χ4v) is 6.22. The first-order chi connectivity index (χ1) is 14.7. The summed E-state index contributed by atoms with van der Waals surface area (Å²) in [6, 6.07) is 4.61. The van der Waals surface area contributed by atoms with Crippen molar-refractivity contribution >= 4 is 10.0 Å². The van der Waals surface area contributed by atoms with E-state index in [1.54, 1.807) is 25.1 Å². The minimum Gasteiger partial charge on any atom is -0.487 e. The van der Waals surface area contributed by atoms with Crippen LogP contribution in [0, 0.1) is 23.7 Å². The molecule has 1 aromatic carbocycles. The van der Waals surface area contributed by atoms with Gasteiger partial charge in [-0.05, 0) is 58.0 Å². The summed E-state index contributed by atoms with van der Waals surface area (Å²) in [6.07, 6.45) is 5.81. The van der Waals surface area contributed by atoms with Crippen LogP contribution in [-0.2, 0) is 10.0 Å². The van der Waals surface area contributed by atoms with Crippen molar-refractivity contribution < 1.29 is 18.3 Å². The third-order valence-electron chi connectivity index (χ3n) is 6.31. The van der Waals surface area contributed by atoms with Crippen LogP contribution in [0.3, 0.4) is 0 Å². The Kier molecular flexibility index (Phi) is 8.03. The molecule has 1 N–H and O–H groups in total. The number of hydrogen-bond donors (Lipinski definition) is 1. The highest BCUT2D eigenvalue weighted by atomic mass is 32.2. The Hall–Kier alpha value is -1.59. The molecule has 31 heavy (non-hydrogen) atoms. The Balaban J connectivity index is 1.97. The van der Waals surface area contributed by atoms with Gasteiger partial charge in [-0.1, -0.05) is 31.6 Å². The molecule has 6 nitrogen and oxygen atoms in total. The fraction of sp³-hybridized carbons (Fsp3) is 0.667. The normalized spacial score (nSPS) is 25.1. The van der Waals surface area contributed by atoms with Crippen LogP contribution in [0.15, 0.2) is 23.1 Å². The van der Waals surface area contributed by atoms with Crippen molar-refractivity contribution in [1.29, 1.82) is 0 Å². The van der Waals surface area contributed by atoms with E-state index in [1.807, 2.05) is 25.9 Å². The number of fused-ring (bicyclic) bond motifs is 1. The van der Waals surface area contributed by atoms with Crippen LogP contribution in [0.2, 0.25) is 0 Å². The number of likely N-dealkylation sites (N-methyl/N-ethyl adjacent to an activating group) is 1. The molecule has 0 aromatic heterocycles. The molecule has 1 heterocycles. The van der Waals surface area contributed by atoms with Crippen LogP contribution in [0.25, 0.3) is 0 Å². The monoisotopic (exact) mass is 448 g/mol. The van der Waals surface area contributed by atoms with Gasteiger partial charge in [0.2, 0.25) is 10.0 Å². The highest BCUT2D eigenvalue weighted by Gasteiger charge is 2.37. The molecule has 0 spiro atoms. The summed E-state index contributed by atoms with van der Waals surface area (Å²) in [5, 5.41) is 9.69. The standard InChI is InChI=1S/C24H36N2O4S/c1-18-15-26(19(2)17-27)31(28,29)24-13-12-21(11-7-10-20-8-5-6-9-20)14-22(24)30-23(18)16-25(3)4/h12-14,18-20,23,27H,5-6,8-10,15-17H2,1-4H3/t18-,19+,23+/m1/s1. The molecule has 0 radical (unpaired) electrons. The van der Waals surface area contributed by atoms with Gasteiger partial charge in [0.25, 0.3) is 0 Å². The van der Waals surface area contributed by atoms with Crippen molar-refractivity contribution in [2.75, 3.05) is 33.8 Å². The maximum Gasteiger partial charge on any atom is 0.247 e. The zero-order valence-corrected chi connectivity index (χ0v) is 20.0. The predicted molar refractivity (Wildman–Crippen MR) is 122 cm³/mol. The summed E-state index contributed by atoms with van der Waals surface area (Å²) >= 11 is 0. The van der Waals surface area contributed by atoms with E-state index >= 15 is 0 Å². The first kappa shape index (κ1) is 24.1. The SMILES string of the molecule is C[C@@H]1CN([C@@H](C)CO)S(=O)(=O)c2ccc(C#CCC3CCCC3)cc2O[C@H]1CN(C)C. The summed E-state index contributed by atoms with van der Waals surface area (Å²) in [5.74, 6) is 7.48. The molecule has 1 aromatic rings. The molecule has 0 amide bonds. The van der Waals surface area contributed by atoms with Crippen molar-refractivity contribution in [2.45, 2.75) is 63.0 Å². The van der Waals surface area contributed by atoms with Gasteiger partial charge in [-0.3, -0.25) is 0 Å². The Morgan fingerprint density at radius 3 is 2.65 bits per heavy atom. The minimum atomic E-state index is -3.80. The van der Waals surface area contributed by atoms with Gasteiger partial charge in [-0.15, -0.1) is 0 Å². The lowest BCUT2D eigenvalue weighted by Gasteiger charge is -2.37. The molecule has 0 saturated heterocycles. The van der Waals surface area contributed by atoms with Crippen molar-refractivity contribution in [3.63, 3.8) is 0 Å². The number of hydrogen-bond acceptors (Lipinski definition) is 5. The molecule has 3 atom stereocenters. The van der Waals surface area contributed by atoms with E-state index in [2.05, 4.69) is 11.8 Å². The summed E-state index contributed by atoms with van der Waals surface area (Å²) in [4.78, 5) is 2.19. The summed E-state index contributed by atoms with van der Waals surface area (Å²) in [7, 11) is 0.153. The Labute approximate surface area is 187 Å². The molecule has 7 heteroatoms. The van der Waals surface area contributed by atoms with Crippen molar-refractivity contribution in [3.8, 4) is 17.6 Å². The lowest BCUT2D eigenvalue weighted by molar-refractivity contribution is 0.0812. The van der Waals surface area contributed by atoms with Gasteiger partial charge in [-0.25, -0.2) is 8.42 Å². The number of benzene rings is 1. The third kappa shape index (κ3) is 5.81. The molecule has 1 saturated carbocycles. The van der Waals surface area contributed by atoms with Gasteiger partial charge in [0.15, 0.2) is 0 Å². The Morgan fingerprint density at radius 2 is 2.00 bits per heavy atom. The minimum absolute atomic E-state index is 0.0450. The zero-order valence-electron chi connectivity index (χ0n) is 19.2. The van der Waals surface area contributed by atoms with E-state index in [0.717, 1.165) is 12.0 Å². The number of aliphatic hydroxyl groups is 1. The quantitative estimate of drug-likeness (QED) is 0.702. The summed E-state index contributed by atoms with van der Waals surface area (Å²) in [6.45, 7) is 4.46. The van der Waals surface area contributed by atoms with E-state index in [1.165, 1.54) is 30.0 Å². The summed E-state index contributed by atoms with van der Waals surface area (Å²) < 4.78 is 34.6. The average Bonchev–Trinajstić information content (AvgIpc) is 3.23. The molecular weight excluding hydrogens is 412 g/mol. The molecule has 3 rings (SSSR count). The number of rotatable bonds is 5. The zero-order chi connectivity index (χ0) is 22.6. The van der Waals surface area contributed by atoms with E-state index in [-0.39, 0.29) is 23.5 Å². The van der Waals surface area contributed by atoms with E-state index in [4.69, 9.17) is 4.74 Å². The second-order valence-electron chi connectivity index (χ2n) is 9.32. The van der Waals surface area contributed by atoms with Gasteiger partial charge in [0.05, 0.1) is 6.61 Å². The maximum absolute atomic E-state index is 13.4. The first-order valence-electron chi connectivity index (χ1n) is 11.3. The maximum atomic E-state index is 13.4. The third-order valence-corrected chi connectivity index (χ3v) is 8.33. The predicted octanol–water partition coefficient (Wildman–Crippen LogP) is 2.95. The second kappa shape index (κ2) is 10.4. The molecule has 172 valence electrons. The van der Waals surface area contributed by atoms with Crippen LogP contribution in [0.1, 0.15) is 51.5 Å². The Bertz CT molecular complexity index is 913. The van der Waals surface area contributed by atoms with Crippen LogP contribution < -0.4 is 4.74 Å². The molecule has 0 unspecified atom stereocenters. The van der Waals surface area contributed by atoms with Crippen molar-refractivity contribution in [2.24, 2.45) is 11.8 Å². The highest BCUT2D eigenvalue weighted by Crippen LogP contribution is 2.34. The number of nitrogens with zero attached hydrogens (tertiary/aromatic N) is 2. The van der Waals surface area contributed by atoms with E-state index in [9.17, 15) is 13.5 Å². The molecule has 1 aliphatic heterocycles. The van der Waals surface area contributed by atoms with Crippen molar-refractivity contribution in [1.82, 2.24) is 9.21 Å². The highest BCUT2D eigenvalue weighted by molar-refractivity contribution is 7.89. The number of aliphatic hydroxyl groups excluding tert-OH is 1. The van der Waals surface area contributed by atoms with Crippen LogP contribution in [-0.4, -0.2) is 68.7 Å². The van der Waals surface area contributed by atoms with Gasteiger partial charge in [-0.2, -0.15) is 4.31 Å². The average molecular weight is 449 g/mol. The molecule has 0 bridgehead atoms. The van der Waals surface area contributed by atoms with Crippen LogP contribution >= 0.6 is 0 Å². The second-order valence-corrected chi connectivity index (χ2v) is 11.2. The lowest BCUT2D eigenvalue weighted by atomic mass is 10.0. The topological polar surface area (TPSA) is 70.1 Å². The van der Waals surface area contributed by atoms with Crippen molar-refractivity contribution in [3.05, 3.63) is 23.8 Å². The van der Waals surface area contributed by atoms with Gasteiger partial charge < -0.3 is 14.7 Å². The van der Waals surface area contributed by atoms with Crippen LogP contribution in [0.4, 0.5) is 0 Å². The molecule has 2 aliphatic rings. The number of ether oxygens (including phenoxy) is 1. The first-order valence-corrected chi connectivity index (χ1v) is 12.7. The van der Waals surface area contributed by atoms with Gasteiger partial charge in [0, 0.05) is 37.0 Å². The molecular formula is C24H36N2O4S.